The molecule has 0 fully saturated rings. The lowest BCUT2D eigenvalue weighted by atomic mass is 10.2. The van der Waals surface area contributed by atoms with Gasteiger partial charge >= 0.3 is 5.63 Å². The van der Waals surface area contributed by atoms with Crippen molar-refractivity contribution in [3.8, 4) is 0 Å². The Morgan fingerprint density at radius 2 is 1.79 bits per heavy atom. The average Bonchev–Trinajstić information content (AvgIpc) is 2.46. The predicted molar refractivity (Wildman–Crippen MR) is 76.2 cm³/mol. The summed E-state index contributed by atoms with van der Waals surface area (Å²) in [7, 11) is 0. The van der Waals surface area contributed by atoms with E-state index in [9.17, 15) is 4.79 Å². The standard InChI is InChI=1S/C16H11NO2/c18-16-9-6-13-10-14(7-8-15(13)19-16)17-11-12-4-2-1-3-5-12/h1-11H. The van der Waals surface area contributed by atoms with E-state index in [4.69, 9.17) is 4.42 Å². The molecule has 3 heteroatoms. The number of aliphatic imine (C=N–C) groups is 1. The summed E-state index contributed by atoms with van der Waals surface area (Å²) < 4.78 is 5.07. The van der Waals surface area contributed by atoms with Crippen LogP contribution in [-0.2, 0) is 0 Å². The number of rotatable bonds is 2. The van der Waals surface area contributed by atoms with Crippen molar-refractivity contribution >= 4 is 22.9 Å². The summed E-state index contributed by atoms with van der Waals surface area (Å²) in [5.74, 6) is 0. The van der Waals surface area contributed by atoms with Crippen LogP contribution in [-0.4, -0.2) is 6.21 Å². The zero-order valence-corrected chi connectivity index (χ0v) is 10.1. The summed E-state index contributed by atoms with van der Waals surface area (Å²) in [6.45, 7) is 0. The SMILES string of the molecule is O=c1ccc2cc(N=Cc3ccccc3)ccc2o1. The fourth-order valence-electron chi connectivity index (χ4n) is 1.83. The largest absolute Gasteiger partial charge is 0.423 e. The quantitative estimate of drug-likeness (QED) is 0.515. The van der Waals surface area contributed by atoms with Crippen molar-refractivity contribution in [2.24, 2.45) is 4.99 Å². The van der Waals surface area contributed by atoms with Crippen molar-refractivity contribution in [3.05, 3.63) is 76.6 Å². The van der Waals surface area contributed by atoms with Crippen LogP contribution in [0.2, 0.25) is 0 Å². The van der Waals surface area contributed by atoms with Gasteiger partial charge in [-0.2, -0.15) is 0 Å². The minimum atomic E-state index is -0.340. The molecular formula is C16H11NO2. The Morgan fingerprint density at radius 3 is 2.63 bits per heavy atom. The molecule has 3 nitrogen and oxygen atoms in total. The van der Waals surface area contributed by atoms with Gasteiger partial charge in [-0.3, -0.25) is 4.99 Å². The molecule has 1 aromatic heterocycles. The lowest BCUT2D eigenvalue weighted by Gasteiger charge is -1.97. The monoisotopic (exact) mass is 249 g/mol. The van der Waals surface area contributed by atoms with Crippen LogP contribution >= 0.6 is 0 Å². The molecule has 0 saturated heterocycles. The fourth-order valence-corrected chi connectivity index (χ4v) is 1.83. The molecule has 0 aliphatic carbocycles. The summed E-state index contributed by atoms with van der Waals surface area (Å²) in [6, 6.07) is 18.5. The fraction of sp³-hybridized carbons (Fsp3) is 0. The highest BCUT2D eigenvalue weighted by atomic mass is 16.4. The molecule has 0 bridgehead atoms. The van der Waals surface area contributed by atoms with Gasteiger partial charge in [0.25, 0.3) is 0 Å². The molecule has 2 aromatic carbocycles. The molecule has 1 heterocycles. The second-order valence-corrected chi connectivity index (χ2v) is 4.15. The maximum atomic E-state index is 11.1. The molecule has 0 saturated carbocycles. The second kappa shape index (κ2) is 4.90. The highest BCUT2D eigenvalue weighted by Gasteiger charge is 1.97. The van der Waals surface area contributed by atoms with Gasteiger partial charge in [-0.05, 0) is 29.8 Å². The third-order valence-corrected chi connectivity index (χ3v) is 2.77. The molecular weight excluding hydrogens is 238 g/mol. The Hall–Kier alpha value is -2.68. The molecule has 0 N–H and O–H groups in total. The third kappa shape index (κ3) is 2.60. The van der Waals surface area contributed by atoms with Crippen LogP contribution in [0.1, 0.15) is 5.56 Å². The molecule has 0 spiro atoms. The van der Waals surface area contributed by atoms with Gasteiger partial charge in [0, 0.05) is 17.7 Å². The number of hydrogen-bond donors (Lipinski definition) is 0. The summed E-state index contributed by atoms with van der Waals surface area (Å²) >= 11 is 0. The topological polar surface area (TPSA) is 42.6 Å². The van der Waals surface area contributed by atoms with Crippen LogP contribution in [0.15, 0.2) is 74.9 Å². The van der Waals surface area contributed by atoms with E-state index in [0.29, 0.717) is 5.58 Å². The maximum absolute atomic E-state index is 11.1. The van der Waals surface area contributed by atoms with Crippen LogP contribution in [0, 0.1) is 0 Å². The molecule has 0 atom stereocenters. The number of fused-ring (bicyclic) bond motifs is 1. The van der Waals surface area contributed by atoms with Crippen molar-refractivity contribution in [2.75, 3.05) is 0 Å². The van der Waals surface area contributed by atoms with Crippen LogP contribution in [0.4, 0.5) is 5.69 Å². The molecule has 19 heavy (non-hydrogen) atoms. The normalized spacial score (nSPS) is 11.2. The molecule has 0 unspecified atom stereocenters. The lowest BCUT2D eigenvalue weighted by molar-refractivity contribution is 0.561. The summed E-state index contributed by atoms with van der Waals surface area (Å²) in [4.78, 5) is 15.5. The van der Waals surface area contributed by atoms with E-state index < -0.39 is 0 Å². The third-order valence-electron chi connectivity index (χ3n) is 2.77. The van der Waals surface area contributed by atoms with Gasteiger partial charge in [0.1, 0.15) is 5.58 Å². The summed E-state index contributed by atoms with van der Waals surface area (Å²) in [6.07, 6.45) is 1.81. The number of benzene rings is 2. The van der Waals surface area contributed by atoms with Gasteiger partial charge < -0.3 is 4.42 Å². The van der Waals surface area contributed by atoms with Gasteiger partial charge in [-0.25, -0.2) is 4.79 Å². The van der Waals surface area contributed by atoms with Crippen LogP contribution in [0.25, 0.3) is 11.0 Å². The van der Waals surface area contributed by atoms with Gasteiger partial charge in [0.2, 0.25) is 0 Å². The van der Waals surface area contributed by atoms with Gasteiger partial charge in [-0.1, -0.05) is 30.3 Å². The predicted octanol–water partition coefficient (Wildman–Crippen LogP) is 3.54. The van der Waals surface area contributed by atoms with Crippen LogP contribution in [0.5, 0.6) is 0 Å². The van der Waals surface area contributed by atoms with Gasteiger partial charge in [0.05, 0.1) is 5.69 Å². The van der Waals surface area contributed by atoms with Crippen LogP contribution in [0.3, 0.4) is 0 Å². The smallest absolute Gasteiger partial charge is 0.336 e. The first-order chi connectivity index (χ1) is 9.31. The summed E-state index contributed by atoms with van der Waals surface area (Å²) in [5.41, 5.74) is 2.10. The van der Waals surface area contributed by atoms with Crippen molar-refractivity contribution in [1.82, 2.24) is 0 Å². The molecule has 0 amide bonds. The second-order valence-electron chi connectivity index (χ2n) is 4.15. The first-order valence-corrected chi connectivity index (χ1v) is 5.94. The minimum Gasteiger partial charge on any atom is -0.423 e. The number of hydrogen-bond acceptors (Lipinski definition) is 3. The van der Waals surface area contributed by atoms with Crippen molar-refractivity contribution in [1.29, 1.82) is 0 Å². The van der Waals surface area contributed by atoms with E-state index in [2.05, 4.69) is 4.99 Å². The Labute approximate surface area is 109 Å². The molecule has 0 aliphatic rings. The first-order valence-electron chi connectivity index (χ1n) is 5.94. The first kappa shape index (κ1) is 11.4. The van der Waals surface area contributed by atoms with Crippen LogP contribution < -0.4 is 5.63 Å². The zero-order chi connectivity index (χ0) is 13.1. The Balaban J connectivity index is 1.96. The molecule has 0 aliphatic heterocycles. The van der Waals surface area contributed by atoms with Crippen molar-refractivity contribution < 1.29 is 4.42 Å². The Kier molecular flexibility index (Phi) is 2.94. The molecule has 92 valence electrons. The summed E-state index contributed by atoms with van der Waals surface area (Å²) in [5, 5.41) is 0.863. The highest BCUT2D eigenvalue weighted by Crippen LogP contribution is 2.19. The van der Waals surface area contributed by atoms with E-state index in [1.54, 1.807) is 18.3 Å². The Bertz CT molecular complexity index is 788. The van der Waals surface area contributed by atoms with E-state index in [1.807, 2.05) is 42.5 Å². The Morgan fingerprint density at radius 1 is 0.947 bits per heavy atom. The molecule has 3 aromatic rings. The van der Waals surface area contributed by atoms with E-state index in [-0.39, 0.29) is 5.63 Å². The minimum absolute atomic E-state index is 0.340. The number of nitrogens with zero attached hydrogens (tertiary/aromatic N) is 1. The zero-order valence-electron chi connectivity index (χ0n) is 10.1. The maximum Gasteiger partial charge on any atom is 0.336 e. The van der Waals surface area contributed by atoms with Crippen molar-refractivity contribution in [3.63, 3.8) is 0 Å². The lowest BCUT2D eigenvalue weighted by Crippen LogP contribution is -1.93. The van der Waals surface area contributed by atoms with Crippen molar-refractivity contribution in [2.45, 2.75) is 0 Å². The van der Waals surface area contributed by atoms with Gasteiger partial charge in [0.15, 0.2) is 0 Å². The van der Waals surface area contributed by atoms with Gasteiger partial charge in [-0.15, -0.1) is 0 Å². The molecule has 0 radical (unpaired) electrons. The van der Waals surface area contributed by atoms with E-state index in [0.717, 1.165) is 16.6 Å². The highest BCUT2D eigenvalue weighted by molar-refractivity contribution is 5.84. The average molecular weight is 249 g/mol. The molecule has 3 rings (SSSR count). The van der Waals surface area contributed by atoms with E-state index in [1.165, 1.54) is 6.07 Å². The van der Waals surface area contributed by atoms with E-state index >= 15 is 0 Å².